The van der Waals surface area contributed by atoms with Gasteiger partial charge in [-0.15, -0.1) is 0 Å². The zero-order valence-electron chi connectivity index (χ0n) is 11.3. The quantitative estimate of drug-likeness (QED) is 0.893. The van der Waals surface area contributed by atoms with Gasteiger partial charge in [-0.25, -0.2) is 9.78 Å². The highest BCUT2D eigenvalue weighted by Gasteiger charge is 2.16. The molecule has 0 unspecified atom stereocenters. The minimum absolute atomic E-state index is 0.314. The zero-order chi connectivity index (χ0) is 13.9. The molecular formula is C16H18N2O2. The van der Waals surface area contributed by atoms with E-state index in [1.165, 1.54) is 19.3 Å². The van der Waals surface area contributed by atoms with Crippen molar-refractivity contribution < 1.29 is 9.90 Å². The molecule has 1 aliphatic carbocycles. The van der Waals surface area contributed by atoms with Crippen molar-refractivity contribution in [3.8, 4) is 0 Å². The molecule has 1 aliphatic rings. The lowest BCUT2D eigenvalue weighted by atomic mass is 9.95. The van der Waals surface area contributed by atoms with Gasteiger partial charge in [0.2, 0.25) is 0 Å². The average Bonchev–Trinajstić information content (AvgIpc) is 2.47. The largest absolute Gasteiger partial charge is 0.478 e. The summed E-state index contributed by atoms with van der Waals surface area (Å²) in [7, 11) is 0. The Kier molecular flexibility index (Phi) is 3.54. The second kappa shape index (κ2) is 5.49. The Morgan fingerprint density at radius 1 is 1.20 bits per heavy atom. The second-order valence-electron chi connectivity index (χ2n) is 5.36. The van der Waals surface area contributed by atoms with E-state index in [2.05, 4.69) is 10.3 Å². The number of carboxylic acid groups (broad SMARTS) is 1. The Morgan fingerprint density at radius 2 is 1.95 bits per heavy atom. The summed E-state index contributed by atoms with van der Waals surface area (Å²) in [4.78, 5) is 15.9. The summed E-state index contributed by atoms with van der Waals surface area (Å²) in [5, 5.41) is 13.4. The molecule has 0 radical (unpaired) electrons. The summed E-state index contributed by atoms with van der Waals surface area (Å²) in [6.07, 6.45) is 6.03. The number of benzene rings is 1. The number of anilines is 1. The Morgan fingerprint density at radius 3 is 2.70 bits per heavy atom. The molecule has 20 heavy (non-hydrogen) atoms. The first-order chi connectivity index (χ1) is 9.74. The van der Waals surface area contributed by atoms with Crippen LogP contribution in [0.5, 0.6) is 0 Å². The molecule has 0 atom stereocenters. The minimum atomic E-state index is -0.907. The number of carbonyl (C=O) groups is 1. The molecule has 2 N–H and O–H groups in total. The summed E-state index contributed by atoms with van der Waals surface area (Å²) in [5.74, 6) is -0.233. The van der Waals surface area contributed by atoms with E-state index in [0.29, 0.717) is 22.8 Å². The molecule has 1 saturated carbocycles. The maximum absolute atomic E-state index is 11.4. The van der Waals surface area contributed by atoms with Crippen LogP contribution >= 0.6 is 0 Å². The normalized spacial score (nSPS) is 16.2. The number of rotatable bonds is 3. The lowest BCUT2D eigenvalue weighted by Crippen LogP contribution is -2.23. The molecule has 0 aliphatic heterocycles. The van der Waals surface area contributed by atoms with Crippen LogP contribution in [-0.2, 0) is 0 Å². The fourth-order valence-corrected chi connectivity index (χ4v) is 2.88. The maximum atomic E-state index is 11.4. The van der Waals surface area contributed by atoms with Gasteiger partial charge < -0.3 is 10.4 Å². The highest BCUT2D eigenvalue weighted by molar-refractivity contribution is 6.03. The highest BCUT2D eigenvalue weighted by Crippen LogP contribution is 2.24. The third-order valence-electron chi connectivity index (χ3n) is 3.90. The molecular weight excluding hydrogens is 252 g/mol. The molecule has 0 spiro atoms. The molecule has 1 fully saturated rings. The van der Waals surface area contributed by atoms with Gasteiger partial charge in [-0.3, -0.25) is 0 Å². The van der Waals surface area contributed by atoms with Crippen molar-refractivity contribution in [3.63, 3.8) is 0 Å². The Hall–Kier alpha value is -2.10. The first kappa shape index (κ1) is 12.9. The van der Waals surface area contributed by atoms with Crippen LogP contribution in [0.15, 0.2) is 30.3 Å². The first-order valence-electron chi connectivity index (χ1n) is 7.13. The summed E-state index contributed by atoms with van der Waals surface area (Å²) in [6, 6.07) is 9.44. The topological polar surface area (TPSA) is 62.2 Å². The number of pyridine rings is 1. The fourth-order valence-electron chi connectivity index (χ4n) is 2.88. The Labute approximate surface area is 117 Å². The van der Waals surface area contributed by atoms with Gasteiger partial charge in [0.25, 0.3) is 0 Å². The molecule has 4 heteroatoms. The van der Waals surface area contributed by atoms with Crippen molar-refractivity contribution in [1.82, 2.24) is 4.98 Å². The molecule has 1 aromatic heterocycles. The van der Waals surface area contributed by atoms with Crippen molar-refractivity contribution in [2.75, 3.05) is 5.32 Å². The lowest BCUT2D eigenvalue weighted by molar-refractivity contribution is 0.0699. The predicted octanol–water partition coefficient (Wildman–Crippen LogP) is 3.68. The SMILES string of the molecule is O=C(O)c1cc(NC2CCCCC2)nc2ccccc12. The number of carboxylic acids is 1. The van der Waals surface area contributed by atoms with Crippen molar-refractivity contribution >= 4 is 22.7 Å². The predicted molar refractivity (Wildman–Crippen MR) is 79.2 cm³/mol. The van der Waals surface area contributed by atoms with Gasteiger partial charge in [-0.1, -0.05) is 37.5 Å². The van der Waals surface area contributed by atoms with E-state index in [9.17, 15) is 9.90 Å². The zero-order valence-corrected chi connectivity index (χ0v) is 11.3. The van der Waals surface area contributed by atoms with Gasteiger partial charge in [-0.2, -0.15) is 0 Å². The highest BCUT2D eigenvalue weighted by atomic mass is 16.4. The van der Waals surface area contributed by atoms with Crippen LogP contribution in [0.1, 0.15) is 42.5 Å². The summed E-state index contributed by atoms with van der Waals surface area (Å²) >= 11 is 0. The van der Waals surface area contributed by atoms with Gasteiger partial charge in [0, 0.05) is 11.4 Å². The van der Waals surface area contributed by atoms with Crippen molar-refractivity contribution in [2.24, 2.45) is 0 Å². The Bertz CT molecular complexity index is 633. The summed E-state index contributed by atoms with van der Waals surface area (Å²) < 4.78 is 0. The van der Waals surface area contributed by atoms with Crippen LogP contribution < -0.4 is 5.32 Å². The first-order valence-corrected chi connectivity index (χ1v) is 7.13. The number of fused-ring (bicyclic) bond motifs is 1. The standard InChI is InChI=1S/C16H18N2O2/c19-16(20)13-10-15(17-11-6-2-1-3-7-11)18-14-9-5-4-8-12(13)14/h4-5,8-11H,1-3,6-7H2,(H,17,18)(H,19,20). The smallest absolute Gasteiger partial charge is 0.336 e. The Balaban J connectivity index is 1.96. The molecule has 1 heterocycles. The fraction of sp³-hybridized carbons (Fsp3) is 0.375. The molecule has 0 bridgehead atoms. The lowest BCUT2D eigenvalue weighted by Gasteiger charge is -2.23. The molecule has 3 rings (SSSR count). The third-order valence-corrected chi connectivity index (χ3v) is 3.90. The third kappa shape index (κ3) is 2.59. The second-order valence-corrected chi connectivity index (χ2v) is 5.36. The summed E-state index contributed by atoms with van der Waals surface area (Å²) in [6.45, 7) is 0. The van der Waals surface area contributed by atoms with Crippen LogP contribution in [0.25, 0.3) is 10.9 Å². The molecule has 0 saturated heterocycles. The van der Waals surface area contributed by atoms with E-state index < -0.39 is 5.97 Å². The van der Waals surface area contributed by atoms with Crippen molar-refractivity contribution in [3.05, 3.63) is 35.9 Å². The molecule has 1 aromatic carbocycles. The van der Waals surface area contributed by atoms with Gasteiger partial charge in [0.1, 0.15) is 5.82 Å². The van der Waals surface area contributed by atoms with Crippen molar-refractivity contribution in [2.45, 2.75) is 38.1 Å². The van der Waals surface area contributed by atoms with E-state index in [1.807, 2.05) is 18.2 Å². The van der Waals surface area contributed by atoms with Crippen LogP contribution in [0, 0.1) is 0 Å². The van der Waals surface area contributed by atoms with Gasteiger partial charge in [0.05, 0.1) is 11.1 Å². The number of para-hydroxylation sites is 1. The van der Waals surface area contributed by atoms with Crippen LogP contribution in [0.4, 0.5) is 5.82 Å². The number of aromatic carboxylic acids is 1. The van der Waals surface area contributed by atoms with E-state index in [-0.39, 0.29) is 0 Å². The molecule has 0 amide bonds. The van der Waals surface area contributed by atoms with Crippen LogP contribution in [0.2, 0.25) is 0 Å². The van der Waals surface area contributed by atoms with E-state index in [1.54, 1.807) is 12.1 Å². The molecule has 4 nitrogen and oxygen atoms in total. The van der Waals surface area contributed by atoms with E-state index in [0.717, 1.165) is 18.4 Å². The monoisotopic (exact) mass is 270 g/mol. The van der Waals surface area contributed by atoms with E-state index >= 15 is 0 Å². The number of hydrogen-bond acceptors (Lipinski definition) is 3. The van der Waals surface area contributed by atoms with Gasteiger partial charge in [0.15, 0.2) is 0 Å². The average molecular weight is 270 g/mol. The summed E-state index contributed by atoms with van der Waals surface area (Å²) in [5.41, 5.74) is 1.04. The molecule has 104 valence electrons. The van der Waals surface area contributed by atoms with Crippen LogP contribution in [-0.4, -0.2) is 22.1 Å². The van der Waals surface area contributed by atoms with Gasteiger partial charge in [-0.05, 0) is 25.0 Å². The number of aromatic nitrogens is 1. The number of nitrogens with one attached hydrogen (secondary N) is 1. The minimum Gasteiger partial charge on any atom is -0.478 e. The number of nitrogens with zero attached hydrogens (tertiary/aromatic N) is 1. The van der Waals surface area contributed by atoms with Crippen molar-refractivity contribution in [1.29, 1.82) is 0 Å². The van der Waals surface area contributed by atoms with Gasteiger partial charge >= 0.3 is 5.97 Å². The number of hydrogen-bond donors (Lipinski definition) is 2. The van der Waals surface area contributed by atoms with E-state index in [4.69, 9.17) is 0 Å². The molecule has 2 aromatic rings. The maximum Gasteiger partial charge on any atom is 0.336 e. The van der Waals surface area contributed by atoms with Crippen LogP contribution in [0.3, 0.4) is 0 Å².